The van der Waals surface area contributed by atoms with Crippen LogP contribution in [0.2, 0.25) is 0 Å². The molecule has 1 aliphatic heterocycles. The average Bonchev–Trinajstić information content (AvgIpc) is 3.43. The molecule has 1 aromatic heterocycles. The number of hydrogen-bond donors (Lipinski definition) is 1. The lowest BCUT2D eigenvalue weighted by molar-refractivity contribution is -0.130. The van der Waals surface area contributed by atoms with E-state index in [9.17, 15) is 4.79 Å². The maximum Gasteiger partial charge on any atom is 0.249 e. The molecule has 1 amide bonds. The Morgan fingerprint density at radius 2 is 2.10 bits per heavy atom. The maximum absolute atomic E-state index is 12.2. The minimum absolute atomic E-state index is 0.0310. The molecule has 1 atom stereocenters. The van der Waals surface area contributed by atoms with Crippen LogP contribution in [0.1, 0.15) is 18.7 Å². The molecule has 0 bridgehead atoms. The summed E-state index contributed by atoms with van der Waals surface area (Å²) in [7, 11) is 1.64. The highest BCUT2D eigenvalue weighted by Gasteiger charge is 2.23. The summed E-state index contributed by atoms with van der Waals surface area (Å²) >= 11 is 0. The van der Waals surface area contributed by atoms with E-state index in [1.165, 1.54) is 0 Å². The van der Waals surface area contributed by atoms with Crippen molar-refractivity contribution < 1.29 is 19.0 Å². The molecular formula is C23H27N3O4. The first-order valence-electron chi connectivity index (χ1n) is 10.3. The molecule has 7 nitrogen and oxygen atoms in total. The zero-order valence-electron chi connectivity index (χ0n) is 17.2. The van der Waals surface area contributed by atoms with Crippen molar-refractivity contribution in [2.45, 2.75) is 31.9 Å². The average molecular weight is 409 g/mol. The summed E-state index contributed by atoms with van der Waals surface area (Å²) in [6.07, 6.45) is 2.08. The fraction of sp³-hybridized carbons (Fsp3) is 0.391. The van der Waals surface area contributed by atoms with Crippen molar-refractivity contribution in [2.24, 2.45) is 0 Å². The van der Waals surface area contributed by atoms with Gasteiger partial charge in [0.15, 0.2) is 0 Å². The van der Waals surface area contributed by atoms with Gasteiger partial charge in [-0.3, -0.25) is 4.79 Å². The number of benzene rings is 2. The first-order chi connectivity index (χ1) is 14.7. The highest BCUT2D eigenvalue weighted by molar-refractivity contribution is 5.81. The SMILES string of the molecule is COc1cccc(OCCn2c(CCNC(=O)C3CCCO3)nc3ccccc32)c1. The second-order valence-corrected chi connectivity index (χ2v) is 7.24. The predicted molar refractivity (Wildman–Crippen MR) is 114 cm³/mol. The van der Waals surface area contributed by atoms with Crippen LogP contribution in [0.3, 0.4) is 0 Å². The van der Waals surface area contributed by atoms with Gasteiger partial charge < -0.3 is 24.1 Å². The fourth-order valence-electron chi connectivity index (χ4n) is 3.71. The first-order valence-corrected chi connectivity index (χ1v) is 10.3. The molecule has 30 heavy (non-hydrogen) atoms. The molecule has 2 heterocycles. The van der Waals surface area contributed by atoms with Crippen LogP contribution in [-0.2, 0) is 22.5 Å². The summed E-state index contributed by atoms with van der Waals surface area (Å²) in [5.74, 6) is 2.43. The Labute approximate surface area is 176 Å². The molecule has 0 aliphatic carbocycles. The highest BCUT2D eigenvalue weighted by atomic mass is 16.5. The van der Waals surface area contributed by atoms with Crippen molar-refractivity contribution in [1.29, 1.82) is 0 Å². The van der Waals surface area contributed by atoms with Gasteiger partial charge in [0, 0.05) is 25.6 Å². The number of fused-ring (bicyclic) bond motifs is 1. The van der Waals surface area contributed by atoms with Crippen LogP contribution < -0.4 is 14.8 Å². The molecule has 7 heteroatoms. The van der Waals surface area contributed by atoms with E-state index in [4.69, 9.17) is 19.2 Å². The number of aromatic nitrogens is 2. The van der Waals surface area contributed by atoms with E-state index in [-0.39, 0.29) is 12.0 Å². The van der Waals surface area contributed by atoms with Crippen molar-refractivity contribution in [3.05, 3.63) is 54.4 Å². The number of methoxy groups -OCH3 is 1. The van der Waals surface area contributed by atoms with E-state index < -0.39 is 0 Å². The third-order valence-corrected chi connectivity index (χ3v) is 5.23. The Bertz CT molecular complexity index is 995. The van der Waals surface area contributed by atoms with Crippen molar-refractivity contribution in [3.8, 4) is 11.5 Å². The second-order valence-electron chi connectivity index (χ2n) is 7.24. The predicted octanol–water partition coefficient (Wildman–Crippen LogP) is 2.96. The smallest absolute Gasteiger partial charge is 0.249 e. The van der Waals surface area contributed by atoms with Crippen molar-refractivity contribution in [3.63, 3.8) is 0 Å². The number of nitrogens with one attached hydrogen (secondary N) is 1. The number of amides is 1. The molecule has 1 fully saturated rings. The van der Waals surface area contributed by atoms with Gasteiger partial charge in [-0.2, -0.15) is 0 Å². The minimum Gasteiger partial charge on any atom is -0.497 e. The number of para-hydroxylation sites is 2. The van der Waals surface area contributed by atoms with Gasteiger partial charge in [-0.15, -0.1) is 0 Å². The number of rotatable bonds is 9. The first kappa shape index (κ1) is 20.2. The Kier molecular flexibility index (Phi) is 6.49. The van der Waals surface area contributed by atoms with Gasteiger partial charge in [0.2, 0.25) is 5.91 Å². The van der Waals surface area contributed by atoms with Gasteiger partial charge in [-0.05, 0) is 37.1 Å². The molecule has 1 saturated heterocycles. The summed E-state index contributed by atoms with van der Waals surface area (Å²) < 4.78 is 18.8. The molecule has 1 unspecified atom stereocenters. The molecule has 0 saturated carbocycles. The molecule has 0 radical (unpaired) electrons. The maximum atomic E-state index is 12.2. The lowest BCUT2D eigenvalue weighted by Crippen LogP contribution is -2.35. The lowest BCUT2D eigenvalue weighted by Gasteiger charge is -2.13. The zero-order chi connectivity index (χ0) is 20.8. The van der Waals surface area contributed by atoms with Crippen LogP contribution in [0.5, 0.6) is 11.5 Å². The molecule has 1 N–H and O–H groups in total. The Balaban J connectivity index is 1.40. The summed E-state index contributed by atoms with van der Waals surface area (Å²) in [4.78, 5) is 16.9. The van der Waals surface area contributed by atoms with E-state index >= 15 is 0 Å². The summed E-state index contributed by atoms with van der Waals surface area (Å²) in [5.41, 5.74) is 2.01. The number of nitrogens with zero attached hydrogens (tertiary/aromatic N) is 2. The van der Waals surface area contributed by atoms with Crippen LogP contribution in [0.15, 0.2) is 48.5 Å². The molecular weight excluding hydrogens is 382 g/mol. The normalized spacial score (nSPS) is 16.0. The van der Waals surface area contributed by atoms with E-state index in [0.29, 0.717) is 32.7 Å². The van der Waals surface area contributed by atoms with Crippen LogP contribution in [0.4, 0.5) is 0 Å². The fourth-order valence-corrected chi connectivity index (χ4v) is 3.71. The Hall–Kier alpha value is -3.06. The van der Waals surface area contributed by atoms with Gasteiger partial charge >= 0.3 is 0 Å². The standard InChI is InChI=1S/C23H27N3O4/c1-28-17-6-4-7-18(16-17)29-15-13-26-20-9-3-2-8-19(20)25-22(26)11-12-24-23(27)21-10-5-14-30-21/h2-4,6-9,16,21H,5,10-15H2,1H3,(H,24,27). The van der Waals surface area contributed by atoms with E-state index in [2.05, 4.69) is 16.0 Å². The number of carbonyl (C=O) groups excluding carboxylic acids is 1. The van der Waals surface area contributed by atoms with Gasteiger partial charge in [0.05, 0.1) is 24.7 Å². The highest BCUT2D eigenvalue weighted by Crippen LogP contribution is 2.20. The monoisotopic (exact) mass is 409 g/mol. The van der Waals surface area contributed by atoms with Gasteiger partial charge in [0.25, 0.3) is 0 Å². The zero-order valence-corrected chi connectivity index (χ0v) is 17.2. The third kappa shape index (κ3) is 4.74. The van der Waals surface area contributed by atoms with Crippen molar-refractivity contribution in [1.82, 2.24) is 14.9 Å². The number of hydrogen-bond acceptors (Lipinski definition) is 5. The van der Waals surface area contributed by atoms with Gasteiger partial charge in [0.1, 0.15) is 30.0 Å². The number of imidazole rings is 1. The largest absolute Gasteiger partial charge is 0.497 e. The van der Waals surface area contributed by atoms with E-state index in [1.807, 2.05) is 42.5 Å². The molecule has 158 valence electrons. The molecule has 2 aromatic carbocycles. The molecule has 1 aliphatic rings. The quantitative estimate of drug-likeness (QED) is 0.588. The summed E-state index contributed by atoms with van der Waals surface area (Å²) in [5, 5.41) is 2.98. The van der Waals surface area contributed by atoms with Gasteiger partial charge in [-0.1, -0.05) is 18.2 Å². The van der Waals surface area contributed by atoms with Crippen molar-refractivity contribution >= 4 is 16.9 Å². The Morgan fingerprint density at radius 1 is 1.23 bits per heavy atom. The van der Waals surface area contributed by atoms with E-state index in [0.717, 1.165) is 41.2 Å². The second kappa shape index (κ2) is 9.63. The number of ether oxygens (including phenoxy) is 3. The van der Waals surface area contributed by atoms with Crippen molar-refractivity contribution in [2.75, 3.05) is 26.9 Å². The van der Waals surface area contributed by atoms with Gasteiger partial charge in [-0.25, -0.2) is 4.98 Å². The van der Waals surface area contributed by atoms with Crippen LogP contribution in [0, 0.1) is 0 Å². The van der Waals surface area contributed by atoms with E-state index in [1.54, 1.807) is 7.11 Å². The summed E-state index contributed by atoms with van der Waals surface area (Å²) in [6, 6.07) is 15.6. The van der Waals surface area contributed by atoms with Crippen LogP contribution in [0.25, 0.3) is 11.0 Å². The summed E-state index contributed by atoms with van der Waals surface area (Å²) in [6.45, 7) is 2.36. The number of carbonyl (C=O) groups is 1. The lowest BCUT2D eigenvalue weighted by atomic mass is 10.2. The van der Waals surface area contributed by atoms with Crippen LogP contribution >= 0.6 is 0 Å². The molecule has 3 aromatic rings. The molecule has 0 spiro atoms. The third-order valence-electron chi connectivity index (χ3n) is 5.23. The minimum atomic E-state index is -0.305. The topological polar surface area (TPSA) is 74.6 Å². The Morgan fingerprint density at radius 3 is 2.93 bits per heavy atom. The molecule has 4 rings (SSSR count). The van der Waals surface area contributed by atoms with Crippen LogP contribution in [-0.4, -0.2) is 48.4 Å².